The molecule has 0 saturated carbocycles. The van der Waals surface area contributed by atoms with E-state index in [0.29, 0.717) is 11.0 Å². The summed E-state index contributed by atoms with van der Waals surface area (Å²) in [5.74, 6) is 0.613. The highest BCUT2D eigenvalue weighted by molar-refractivity contribution is 8.00. The molecule has 0 bridgehead atoms. The first-order valence-corrected chi connectivity index (χ1v) is 9.51. The van der Waals surface area contributed by atoms with Crippen LogP contribution in [0.4, 0.5) is 5.69 Å². The van der Waals surface area contributed by atoms with E-state index in [1.807, 2.05) is 79.7 Å². The predicted molar refractivity (Wildman–Crippen MR) is 110 cm³/mol. The average molecular weight is 374 g/mol. The van der Waals surface area contributed by atoms with Gasteiger partial charge in [-0.15, -0.1) is 5.10 Å². The molecule has 1 aromatic heterocycles. The third kappa shape index (κ3) is 4.01. The molecule has 0 unspecified atom stereocenters. The molecule has 6 heteroatoms. The number of anilines is 1. The molecule has 0 aliphatic heterocycles. The van der Waals surface area contributed by atoms with Crippen molar-refractivity contribution in [2.45, 2.75) is 17.3 Å². The van der Waals surface area contributed by atoms with E-state index in [-0.39, 0.29) is 11.2 Å². The van der Waals surface area contributed by atoms with E-state index in [2.05, 4.69) is 20.5 Å². The van der Waals surface area contributed by atoms with Gasteiger partial charge in [0.15, 0.2) is 5.82 Å². The molecule has 0 saturated heterocycles. The van der Waals surface area contributed by atoms with Crippen LogP contribution in [-0.2, 0) is 4.79 Å². The summed E-state index contributed by atoms with van der Waals surface area (Å²) in [6.45, 7) is 1.85. The summed E-state index contributed by atoms with van der Waals surface area (Å²) in [4.78, 5) is 17.0. The van der Waals surface area contributed by atoms with Gasteiger partial charge in [-0.2, -0.15) is 0 Å². The lowest BCUT2D eigenvalue weighted by Gasteiger charge is -2.10. The number of aromatic nitrogens is 3. The van der Waals surface area contributed by atoms with Crippen LogP contribution < -0.4 is 5.32 Å². The summed E-state index contributed by atoms with van der Waals surface area (Å²) >= 11 is 1.32. The summed E-state index contributed by atoms with van der Waals surface area (Å²) in [6.07, 6.45) is 0. The molecule has 3 aromatic carbocycles. The zero-order valence-electron chi connectivity index (χ0n) is 14.7. The second kappa shape index (κ2) is 7.63. The second-order valence-corrected chi connectivity index (χ2v) is 7.45. The van der Waals surface area contributed by atoms with Crippen LogP contribution in [0, 0.1) is 0 Å². The Kier molecular flexibility index (Phi) is 4.89. The summed E-state index contributed by atoms with van der Waals surface area (Å²) < 4.78 is 0. The van der Waals surface area contributed by atoms with Crippen molar-refractivity contribution in [3.05, 3.63) is 72.8 Å². The van der Waals surface area contributed by atoms with Crippen molar-refractivity contribution in [3.8, 4) is 11.4 Å². The van der Waals surface area contributed by atoms with Gasteiger partial charge >= 0.3 is 0 Å². The van der Waals surface area contributed by atoms with Crippen LogP contribution in [0.5, 0.6) is 0 Å². The number of hydrogen-bond donors (Lipinski definition) is 2. The number of fused-ring (bicyclic) bond motifs is 1. The minimum Gasteiger partial charge on any atom is -0.325 e. The maximum absolute atomic E-state index is 12.5. The van der Waals surface area contributed by atoms with Crippen molar-refractivity contribution in [2.24, 2.45) is 0 Å². The van der Waals surface area contributed by atoms with Crippen LogP contribution in [0.25, 0.3) is 22.2 Å². The fraction of sp³-hybridized carbons (Fsp3) is 0.0952. The van der Waals surface area contributed by atoms with Crippen LogP contribution in [0.3, 0.4) is 0 Å². The molecule has 0 spiro atoms. The quantitative estimate of drug-likeness (QED) is 0.495. The van der Waals surface area contributed by atoms with E-state index >= 15 is 0 Å². The van der Waals surface area contributed by atoms with E-state index in [0.717, 1.165) is 22.0 Å². The minimum absolute atomic E-state index is 0.0821. The number of nitrogens with one attached hydrogen (secondary N) is 2. The van der Waals surface area contributed by atoms with Gasteiger partial charge in [0.25, 0.3) is 0 Å². The molecular formula is C21H18N4OS. The fourth-order valence-corrected chi connectivity index (χ4v) is 3.47. The number of carbonyl (C=O) groups is 1. The van der Waals surface area contributed by atoms with Gasteiger partial charge in [0.1, 0.15) is 0 Å². The summed E-state index contributed by atoms with van der Waals surface area (Å²) in [7, 11) is 0. The lowest BCUT2D eigenvalue weighted by atomic mass is 10.1. The van der Waals surface area contributed by atoms with Gasteiger partial charge in [-0.3, -0.25) is 9.89 Å². The smallest absolute Gasteiger partial charge is 0.237 e. The Morgan fingerprint density at radius 1 is 1.00 bits per heavy atom. The maximum atomic E-state index is 12.5. The molecule has 0 fully saturated rings. The Balaban J connectivity index is 1.42. The number of benzene rings is 3. The molecule has 5 nitrogen and oxygen atoms in total. The topological polar surface area (TPSA) is 70.7 Å². The molecule has 2 N–H and O–H groups in total. The molecule has 1 atom stereocenters. The number of hydrogen-bond acceptors (Lipinski definition) is 4. The Morgan fingerprint density at radius 2 is 1.74 bits per heavy atom. The van der Waals surface area contributed by atoms with Gasteiger partial charge in [-0.1, -0.05) is 72.4 Å². The van der Waals surface area contributed by atoms with Crippen molar-refractivity contribution < 1.29 is 4.79 Å². The minimum atomic E-state index is -0.323. The van der Waals surface area contributed by atoms with Crippen molar-refractivity contribution in [2.75, 3.05) is 5.32 Å². The Labute approximate surface area is 161 Å². The molecule has 1 heterocycles. The molecule has 0 radical (unpaired) electrons. The molecule has 1 amide bonds. The van der Waals surface area contributed by atoms with Crippen molar-refractivity contribution in [3.63, 3.8) is 0 Å². The SMILES string of the molecule is C[C@@H](Sc1n[nH]c(-c2ccccc2)n1)C(=O)Nc1ccc2ccccc2c1. The van der Waals surface area contributed by atoms with Crippen molar-refractivity contribution in [1.82, 2.24) is 15.2 Å². The van der Waals surface area contributed by atoms with E-state index in [9.17, 15) is 4.79 Å². The van der Waals surface area contributed by atoms with Gasteiger partial charge in [0.2, 0.25) is 11.1 Å². The number of rotatable bonds is 5. The maximum Gasteiger partial charge on any atom is 0.237 e. The number of amides is 1. The average Bonchev–Trinajstić information content (AvgIpc) is 3.17. The van der Waals surface area contributed by atoms with Gasteiger partial charge in [-0.05, 0) is 29.8 Å². The van der Waals surface area contributed by atoms with Gasteiger partial charge < -0.3 is 5.32 Å². The number of aromatic amines is 1. The first kappa shape index (κ1) is 17.3. The molecule has 0 aliphatic carbocycles. The van der Waals surface area contributed by atoms with Crippen LogP contribution in [0.15, 0.2) is 78.0 Å². The first-order chi connectivity index (χ1) is 13.2. The number of H-pyrrole nitrogens is 1. The number of carbonyl (C=O) groups excluding carboxylic acids is 1. The zero-order valence-corrected chi connectivity index (χ0v) is 15.5. The summed E-state index contributed by atoms with van der Waals surface area (Å²) in [6, 6.07) is 23.7. The van der Waals surface area contributed by atoms with E-state index in [4.69, 9.17) is 0 Å². The third-order valence-electron chi connectivity index (χ3n) is 4.18. The third-order valence-corrected chi connectivity index (χ3v) is 5.14. The molecule has 4 aromatic rings. The Hall–Kier alpha value is -3.12. The predicted octanol–water partition coefficient (Wildman–Crippen LogP) is 4.74. The number of thioether (sulfide) groups is 1. The van der Waals surface area contributed by atoms with Crippen molar-refractivity contribution >= 4 is 34.1 Å². The Bertz CT molecular complexity index is 1080. The van der Waals surface area contributed by atoms with Gasteiger partial charge in [-0.25, -0.2) is 4.98 Å². The first-order valence-electron chi connectivity index (χ1n) is 8.63. The lowest BCUT2D eigenvalue weighted by molar-refractivity contribution is -0.115. The fourth-order valence-electron chi connectivity index (χ4n) is 2.75. The van der Waals surface area contributed by atoms with Crippen LogP contribution >= 0.6 is 11.8 Å². The van der Waals surface area contributed by atoms with Crippen LogP contribution in [0.1, 0.15) is 6.92 Å². The van der Waals surface area contributed by atoms with Gasteiger partial charge in [0.05, 0.1) is 5.25 Å². The van der Waals surface area contributed by atoms with Crippen LogP contribution in [-0.4, -0.2) is 26.3 Å². The van der Waals surface area contributed by atoms with E-state index < -0.39 is 0 Å². The molecule has 4 rings (SSSR count). The summed E-state index contributed by atoms with van der Waals surface area (Å²) in [5.41, 5.74) is 1.75. The highest BCUT2D eigenvalue weighted by atomic mass is 32.2. The molecule has 0 aliphatic rings. The van der Waals surface area contributed by atoms with Crippen LogP contribution in [0.2, 0.25) is 0 Å². The van der Waals surface area contributed by atoms with E-state index in [1.165, 1.54) is 11.8 Å². The molecular weight excluding hydrogens is 356 g/mol. The van der Waals surface area contributed by atoms with E-state index in [1.54, 1.807) is 0 Å². The highest BCUT2D eigenvalue weighted by Crippen LogP contribution is 2.24. The largest absolute Gasteiger partial charge is 0.325 e. The second-order valence-electron chi connectivity index (χ2n) is 6.14. The van der Waals surface area contributed by atoms with Crippen molar-refractivity contribution in [1.29, 1.82) is 0 Å². The number of nitrogens with zero attached hydrogens (tertiary/aromatic N) is 2. The monoisotopic (exact) mass is 374 g/mol. The standard InChI is InChI=1S/C21H18N4OS/c1-14(27-21-23-19(24-25-21)16-8-3-2-4-9-16)20(26)22-18-12-11-15-7-5-6-10-17(15)13-18/h2-14H,1H3,(H,22,26)(H,23,24,25)/t14-/m1/s1. The normalized spacial score (nSPS) is 12.0. The zero-order chi connectivity index (χ0) is 18.6. The molecule has 27 heavy (non-hydrogen) atoms. The van der Waals surface area contributed by atoms with Gasteiger partial charge in [0, 0.05) is 11.3 Å². The summed E-state index contributed by atoms with van der Waals surface area (Å²) in [5, 5.41) is 12.6. The lowest BCUT2D eigenvalue weighted by Crippen LogP contribution is -2.22. The highest BCUT2D eigenvalue weighted by Gasteiger charge is 2.17. The Morgan fingerprint density at radius 3 is 2.56 bits per heavy atom. The molecule has 134 valence electrons.